The minimum absolute atomic E-state index is 0.300. The number of amides is 1. The van der Waals surface area contributed by atoms with E-state index in [0.29, 0.717) is 18.4 Å². The minimum atomic E-state index is 0.300. The fraction of sp³-hybridized carbons (Fsp3) is 0.421. The monoisotopic (exact) mass is 296 g/mol. The third-order valence-corrected chi connectivity index (χ3v) is 4.58. The lowest BCUT2D eigenvalue weighted by Crippen LogP contribution is -2.34. The third kappa shape index (κ3) is 3.14. The summed E-state index contributed by atoms with van der Waals surface area (Å²) in [6.07, 6.45) is 2.74. The van der Waals surface area contributed by atoms with Crippen LogP contribution in [0.1, 0.15) is 31.7 Å². The van der Waals surface area contributed by atoms with E-state index >= 15 is 0 Å². The smallest absolute Gasteiger partial charge is 0.223 e. The van der Waals surface area contributed by atoms with Gasteiger partial charge < -0.3 is 10.2 Å². The van der Waals surface area contributed by atoms with Crippen LogP contribution in [-0.4, -0.2) is 29.9 Å². The Kier molecular flexibility index (Phi) is 4.74. The maximum absolute atomic E-state index is 12.3. The van der Waals surface area contributed by atoms with Gasteiger partial charge in [-0.05, 0) is 42.3 Å². The van der Waals surface area contributed by atoms with Crippen LogP contribution in [0.15, 0.2) is 42.5 Å². The molecule has 3 rings (SSSR count). The van der Waals surface area contributed by atoms with Gasteiger partial charge in [0.1, 0.15) is 0 Å². The number of carbonyl (C=O) groups excluding carboxylic acids is 1. The van der Waals surface area contributed by atoms with Gasteiger partial charge in [-0.15, -0.1) is 0 Å². The second-order valence-corrected chi connectivity index (χ2v) is 5.99. The van der Waals surface area contributed by atoms with Gasteiger partial charge in [0.25, 0.3) is 0 Å². The second kappa shape index (κ2) is 6.93. The SMILES string of the molecule is CCNCC[C@H]1CCC(=O)N1Cc1cccc2ccccc12. The van der Waals surface area contributed by atoms with Gasteiger partial charge in [-0.2, -0.15) is 0 Å². The molecule has 1 saturated heterocycles. The van der Waals surface area contributed by atoms with Crippen molar-refractivity contribution in [1.29, 1.82) is 0 Å². The highest BCUT2D eigenvalue weighted by molar-refractivity contribution is 5.86. The number of rotatable bonds is 6. The molecule has 0 bridgehead atoms. The summed E-state index contributed by atoms with van der Waals surface area (Å²) in [6.45, 7) is 4.83. The van der Waals surface area contributed by atoms with Crippen molar-refractivity contribution in [3.8, 4) is 0 Å². The van der Waals surface area contributed by atoms with Crippen molar-refractivity contribution < 1.29 is 4.79 Å². The van der Waals surface area contributed by atoms with Crippen LogP contribution >= 0.6 is 0 Å². The first kappa shape index (κ1) is 15.0. The predicted molar refractivity (Wildman–Crippen MR) is 90.7 cm³/mol. The quantitative estimate of drug-likeness (QED) is 0.829. The predicted octanol–water partition coefficient (Wildman–Crippen LogP) is 3.33. The number of likely N-dealkylation sites (tertiary alicyclic amines) is 1. The Morgan fingerprint density at radius 2 is 2.00 bits per heavy atom. The number of nitrogens with zero attached hydrogens (tertiary/aromatic N) is 1. The summed E-state index contributed by atoms with van der Waals surface area (Å²) in [5, 5.41) is 5.87. The summed E-state index contributed by atoms with van der Waals surface area (Å²) in [6, 6.07) is 15.2. The molecule has 3 nitrogen and oxygen atoms in total. The van der Waals surface area contributed by atoms with Gasteiger partial charge in [0, 0.05) is 19.0 Å². The maximum Gasteiger partial charge on any atom is 0.223 e. The molecule has 0 spiro atoms. The van der Waals surface area contributed by atoms with Gasteiger partial charge in [-0.1, -0.05) is 49.4 Å². The molecule has 1 aliphatic heterocycles. The molecule has 0 aromatic heterocycles. The first-order valence-electron chi connectivity index (χ1n) is 8.26. The molecule has 0 saturated carbocycles. The number of carbonyl (C=O) groups is 1. The summed E-state index contributed by atoms with van der Waals surface area (Å²) in [7, 11) is 0. The second-order valence-electron chi connectivity index (χ2n) is 5.99. The zero-order valence-electron chi connectivity index (χ0n) is 13.2. The van der Waals surface area contributed by atoms with Crippen LogP contribution in [0.2, 0.25) is 0 Å². The molecule has 0 unspecified atom stereocenters. The van der Waals surface area contributed by atoms with Crippen LogP contribution in [0.4, 0.5) is 0 Å². The van der Waals surface area contributed by atoms with E-state index in [2.05, 4.69) is 59.6 Å². The van der Waals surface area contributed by atoms with Crippen molar-refractivity contribution in [3.63, 3.8) is 0 Å². The highest BCUT2D eigenvalue weighted by Crippen LogP contribution is 2.26. The Bertz CT molecular complexity index is 647. The van der Waals surface area contributed by atoms with E-state index in [-0.39, 0.29) is 0 Å². The number of benzene rings is 2. The molecule has 1 amide bonds. The van der Waals surface area contributed by atoms with Crippen LogP contribution in [0.25, 0.3) is 10.8 Å². The summed E-state index contributed by atoms with van der Waals surface area (Å²) in [4.78, 5) is 14.3. The topological polar surface area (TPSA) is 32.3 Å². The highest BCUT2D eigenvalue weighted by Gasteiger charge is 2.30. The summed E-state index contributed by atoms with van der Waals surface area (Å²) < 4.78 is 0. The molecule has 0 radical (unpaired) electrons. The average molecular weight is 296 g/mol. The number of hydrogen-bond acceptors (Lipinski definition) is 2. The van der Waals surface area contributed by atoms with Crippen molar-refractivity contribution in [2.45, 2.75) is 38.8 Å². The molecular weight excluding hydrogens is 272 g/mol. The molecule has 1 atom stereocenters. The summed E-state index contributed by atoms with van der Waals surface area (Å²) >= 11 is 0. The molecule has 1 aliphatic rings. The van der Waals surface area contributed by atoms with Crippen molar-refractivity contribution in [3.05, 3.63) is 48.0 Å². The fourth-order valence-electron chi connectivity index (χ4n) is 3.37. The van der Waals surface area contributed by atoms with Crippen LogP contribution in [0.3, 0.4) is 0 Å². The van der Waals surface area contributed by atoms with Crippen molar-refractivity contribution >= 4 is 16.7 Å². The first-order valence-corrected chi connectivity index (χ1v) is 8.26. The van der Waals surface area contributed by atoms with Gasteiger partial charge in [-0.3, -0.25) is 4.79 Å². The van der Waals surface area contributed by atoms with E-state index in [0.717, 1.165) is 32.5 Å². The lowest BCUT2D eigenvalue weighted by Gasteiger charge is -2.25. The fourth-order valence-corrected chi connectivity index (χ4v) is 3.37. The van der Waals surface area contributed by atoms with E-state index < -0.39 is 0 Å². The van der Waals surface area contributed by atoms with Gasteiger partial charge in [-0.25, -0.2) is 0 Å². The Morgan fingerprint density at radius 1 is 1.18 bits per heavy atom. The zero-order valence-corrected chi connectivity index (χ0v) is 13.2. The number of hydrogen-bond donors (Lipinski definition) is 1. The van der Waals surface area contributed by atoms with E-state index in [9.17, 15) is 4.79 Å². The molecule has 2 aromatic rings. The highest BCUT2D eigenvalue weighted by atomic mass is 16.2. The van der Waals surface area contributed by atoms with E-state index in [1.54, 1.807) is 0 Å². The Labute approximate surface area is 132 Å². The van der Waals surface area contributed by atoms with Gasteiger partial charge >= 0.3 is 0 Å². The van der Waals surface area contributed by atoms with Crippen molar-refractivity contribution in [1.82, 2.24) is 10.2 Å². The van der Waals surface area contributed by atoms with Crippen LogP contribution in [0, 0.1) is 0 Å². The molecule has 22 heavy (non-hydrogen) atoms. The lowest BCUT2D eigenvalue weighted by atomic mass is 10.0. The van der Waals surface area contributed by atoms with Crippen LogP contribution in [0.5, 0.6) is 0 Å². The number of fused-ring (bicyclic) bond motifs is 1. The van der Waals surface area contributed by atoms with E-state index in [1.165, 1.54) is 16.3 Å². The van der Waals surface area contributed by atoms with Gasteiger partial charge in [0.05, 0.1) is 0 Å². The Balaban J connectivity index is 1.78. The zero-order chi connectivity index (χ0) is 15.4. The lowest BCUT2D eigenvalue weighted by molar-refractivity contribution is -0.129. The Morgan fingerprint density at radius 3 is 2.86 bits per heavy atom. The van der Waals surface area contributed by atoms with E-state index in [4.69, 9.17) is 0 Å². The van der Waals surface area contributed by atoms with Crippen molar-refractivity contribution in [2.75, 3.05) is 13.1 Å². The average Bonchev–Trinajstić information content (AvgIpc) is 2.89. The van der Waals surface area contributed by atoms with E-state index in [1.807, 2.05) is 0 Å². The standard InChI is InChI=1S/C19H24N2O/c1-2-20-13-12-17-10-11-19(22)21(17)14-16-8-5-7-15-6-3-4-9-18(15)16/h3-9,17,20H,2,10-14H2,1H3/t17-/m1/s1. The molecule has 116 valence electrons. The van der Waals surface area contributed by atoms with Crippen LogP contribution in [-0.2, 0) is 11.3 Å². The Hall–Kier alpha value is -1.87. The summed E-state index contributed by atoms with van der Waals surface area (Å²) in [5.41, 5.74) is 1.25. The first-order chi connectivity index (χ1) is 10.8. The van der Waals surface area contributed by atoms with Crippen molar-refractivity contribution in [2.24, 2.45) is 0 Å². The van der Waals surface area contributed by atoms with Crippen LogP contribution < -0.4 is 5.32 Å². The molecule has 3 heteroatoms. The molecule has 1 N–H and O–H groups in total. The largest absolute Gasteiger partial charge is 0.335 e. The normalized spacial score (nSPS) is 18.3. The molecule has 2 aromatic carbocycles. The maximum atomic E-state index is 12.3. The molecule has 1 heterocycles. The molecular formula is C19H24N2O. The minimum Gasteiger partial charge on any atom is -0.335 e. The third-order valence-electron chi connectivity index (χ3n) is 4.58. The number of nitrogens with one attached hydrogen (secondary N) is 1. The summed E-state index contributed by atoms with van der Waals surface area (Å²) in [5.74, 6) is 0.300. The molecule has 0 aliphatic carbocycles. The van der Waals surface area contributed by atoms with Gasteiger partial charge in [0.2, 0.25) is 5.91 Å². The molecule has 1 fully saturated rings. The van der Waals surface area contributed by atoms with Gasteiger partial charge in [0.15, 0.2) is 0 Å².